The predicted molar refractivity (Wildman–Crippen MR) is 77.5 cm³/mol. The highest BCUT2D eigenvalue weighted by Gasteiger charge is 2.20. The zero-order valence-electron chi connectivity index (χ0n) is 11.5. The second kappa shape index (κ2) is 9.07. The maximum Gasteiger partial charge on any atom is 0.326 e. The number of carboxylic acids is 1. The highest BCUT2D eigenvalue weighted by atomic mass is 32.2. The molecule has 0 aromatic carbocycles. The molecule has 0 aromatic heterocycles. The molecule has 6 heteroatoms. The first-order chi connectivity index (χ1) is 9.13. The lowest BCUT2D eigenvalue weighted by Gasteiger charge is -2.22. The lowest BCUT2D eigenvalue weighted by molar-refractivity contribution is -0.139. The minimum absolute atomic E-state index is 0.360. The maximum absolute atomic E-state index is 11.7. The molecule has 0 aromatic rings. The van der Waals surface area contributed by atoms with Gasteiger partial charge in [-0.2, -0.15) is 11.8 Å². The van der Waals surface area contributed by atoms with Gasteiger partial charge in [-0.15, -0.1) is 0 Å². The van der Waals surface area contributed by atoms with E-state index in [2.05, 4.69) is 10.6 Å². The number of hydrogen-bond acceptors (Lipinski definition) is 3. The van der Waals surface area contributed by atoms with Crippen molar-refractivity contribution >= 4 is 23.8 Å². The topological polar surface area (TPSA) is 78.4 Å². The van der Waals surface area contributed by atoms with Gasteiger partial charge in [0, 0.05) is 6.54 Å². The van der Waals surface area contributed by atoms with E-state index in [0.717, 1.165) is 37.2 Å². The second-order valence-corrected chi connectivity index (χ2v) is 6.17. The van der Waals surface area contributed by atoms with Crippen LogP contribution in [0.2, 0.25) is 0 Å². The van der Waals surface area contributed by atoms with Crippen LogP contribution in [0.25, 0.3) is 0 Å². The number of unbranched alkanes of at least 4 members (excludes halogenated alkanes) is 1. The molecule has 1 rings (SSSR count). The molecule has 0 aliphatic carbocycles. The summed E-state index contributed by atoms with van der Waals surface area (Å²) in [5.41, 5.74) is 0. The number of carbonyl (C=O) groups is 2. The van der Waals surface area contributed by atoms with Crippen LogP contribution in [0.3, 0.4) is 0 Å². The van der Waals surface area contributed by atoms with Crippen molar-refractivity contribution in [1.82, 2.24) is 10.6 Å². The minimum Gasteiger partial charge on any atom is -0.480 e. The Bertz CT molecular complexity index is 294. The number of thioether (sulfide) groups is 1. The van der Waals surface area contributed by atoms with E-state index in [1.807, 2.05) is 18.7 Å². The summed E-state index contributed by atoms with van der Waals surface area (Å²) in [4.78, 5) is 22.7. The SMILES string of the molecule is CCCC[C@H](NC(=O)NCC1CCSCC1)C(=O)O. The highest BCUT2D eigenvalue weighted by Crippen LogP contribution is 2.21. The van der Waals surface area contributed by atoms with E-state index in [1.54, 1.807) is 0 Å². The molecule has 1 saturated heterocycles. The number of carboxylic acid groups (broad SMARTS) is 1. The van der Waals surface area contributed by atoms with Crippen LogP contribution >= 0.6 is 11.8 Å². The van der Waals surface area contributed by atoms with E-state index < -0.39 is 12.0 Å². The Morgan fingerprint density at radius 1 is 1.37 bits per heavy atom. The first-order valence-corrected chi connectivity index (χ1v) is 8.13. The van der Waals surface area contributed by atoms with Gasteiger partial charge >= 0.3 is 12.0 Å². The van der Waals surface area contributed by atoms with Crippen molar-refractivity contribution in [3.8, 4) is 0 Å². The largest absolute Gasteiger partial charge is 0.480 e. The van der Waals surface area contributed by atoms with E-state index in [-0.39, 0.29) is 6.03 Å². The summed E-state index contributed by atoms with van der Waals surface area (Å²) in [7, 11) is 0. The molecule has 110 valence electrons. The molecule has 1 heterocycles. The second-order valence-electron chi connectivity index (χ2n) is 4.94. The van der Waals surface area contributed by atoms with Gasteiger partial charge in [-0.1, -0.05) is 19.8 Å². The van der Waals surface area contributed by atoms with Gasteiger partial charge < -0.3 is 15.7 Å². The molecular weight excluding hydrogens is 264 g/mol. The first-order valence-electron chi connectivity index (χ1n) is 6.98. The van der Waals surface area contributed by atoms with Crippen LogP contribution in [0.5, 0.6) is 0 Å². The summed E-state index contributed by atoms with van der Waals surface area (Å²) < 4.78 is 0. The molecule has 5 nitrogen and oxygen atoms in total. The van der Waals surface area contributed by atoms with Gasteiger partial charge in [-0.25, -0.2) is 9.59 Å². The van der Waals surface area contributed by atoms with Crippen molar-refractivity contribution in [1.29, 1.82) is 0 Å². The third kappa shape index (κ3) is 6.71. The number of urea groups is 1. The number of rotatable bonds is 7. The normalized spacial score (nSPS) is 17.7. The van der Waals surface area contributed by atoms with Gasteiger partial charge in [0.2, 0.25) is 0 Å². The van der Waals surface area contributed by atoms with Crippen molar-refractivity contribution in [3.63, 3.8) is 0 Å². The Morgan fingerprint density at radius 2 is 2.05 bits per heavy atom. The summed E-state index contributed by atoms with van der Waals surface area (Å²) in [6.07, 6.45) is 4.47. The standard InChI is InChI=1S/C13H24N2O3S/c1-2-3-4-11(12(16)17)15-13(18)14-9-10-5-7-19-8-6-10/h10-11H,2-9H2,1H3,(H,16,17)(H2,14,15,18)/t11-/m0/s1. The summed E-state index contributed by atoms with van der Waals surface area (Å²) in [6, 6.07) is -1.14. The fourth-order valence-corrected chi connectivity index (χ4v) is 3.27. The Hall–Kier alpha value is -0.910. The lowest BCUT2D eigenvalue weighted by atomic mass is 10.0. The molecular formula is C13H24N2O3S. The molecule has 2 amide bonds. The van der Waals surface area contributed by atoms with Crippen LogP contribution in [0.1, 0.15) is 39.0 Å². The molecule has 1 aliphatic rings. The van der Waals surface area contributed by atoms with E-state index in [1.165, 1.54) is 0 Å². The van der Waals surface area contributed by atoms with Gasteiger partial charge in [-0.3, -0.25) is 0 Å². The van der Waals surface area contributed by atoms with Gasteiger partial charge in [-0.05, 0) is 36.7 Å². The number of aliphatic carboxylic acids is 1. The van der Waals surface area contributed by atoms with Crippen molar-refractivity contribution < 1.29 is 14.7 Å². The van der Waals surface area contributed by atoms with Crippen LogP contribution in [0.4, 0.5) is 4.79 Å². The summed E-state index contributed by atoms with van der Waals surface area (Å²) in [5.74, 6) is 1.88. The van der Waals surface area contributed by atoms with Crippen LogP contribution < -0.4 is 10.6 Å². The highest BCUT2D eigenvalue weighted by molar-refractivity contribution is 7.99. The third-order valence-electron chi connectivity index (χ3n) is 3.34. The summed E-state index contributed by atoms with van der Waals surface area (Å²) in [5, 5.41) is 14.3. The molecule has 0 radical (unpaired) electrons. The Labute approximate surface area is 118 Å². The summed E-state index contributed by atoms with van der Waals surface area (Å²) >= 11 is 1.95. The zero-order chi connectivity index (χ0) is 14.1. The zero-order valence-corrected chi connectivity index (χ0v) is 12.3. The quantitative estimate of drug-likeness (QED) is 0.670. The van der Waals surface area contributed by atoms with Crippen molar-refractivity contribution in [2.75, 3.05) is 18.1 Å². The van der Waals surface area contributed by atoms with Gasteiger partial charge in [0.15, 0.2) is 0 Å². The van der Waals surface area contributed by atoms with E-state index >= 15 is 0 Å². The van der Waals surface area contributed by atoms with Gasteiger partial charge in [0.25, 0.3) is 0 Å². The molecule has 1 atom stereocenters. The van der Waals surface area contributed by atoms with Crippen molar-refractivity contribution in [3.05, 3.63) is 0 Å². The van der Waals surface area contributed by atoms with Crippen LogP contribution in [0.15, 0.2) is 0 Å². The van der Waals surface area contributed by atoms with Crippen molar-refractivity contribution in [2.45, 2.75) is 45.1 Å². The molecule has 1 fully saturated rings. The number of amides is 2. The monoisotopic (exact) mass is 288 g/mol. The smallest absolute Gasteiger partial charge is 0.326 e. The summed E-state index contributed by atoms with van der Waals surface area (Å²) in [6.45, 7) is 2.65. The number of nitrogens with one attached hydrogen (secondary N) is 2. The maximum atomic E-state index is 11.7. The Morgan fingerprint density at radius 3 is 2.63 bits per heavy atom. The predicted octanol–water partition coefficient (Wildman–Crippen LogP) is 2.07. The fraction of sp³-hybridized carbons (Fsp3) is 0.846. The Kier molecular flexibility index (Phi) is 7.70. The molecule has 0 spiro atoms. The number of hydrogen-bond donors (Lipinski definition) is 3. The fourth-order valence-electron chi connectivity index (χ4n) is 2.06. The molecule has 1 aliphatic heterocycles. The molecule has 0 unspecified atom stereocenters. The first kappa shape index (κ1) is 16.1. The molecule has 19 heavy (non-hydrogen) atoms. The van der Waals surface area contributed by atoms with Crippen molar-refractivity contribution in [2.24, 2.45) is 5.92 Å². The average molecular weight is 288 g/mol. The lowest BCUT2D eigenvalue weighted by Crippen LogP contribution is -2.47. The van der Waals surface area contributed by atoms with E-state index in [9.17, 15) is 9.59 Å². The van der Waals surface area contributed by atoms with Crippen LogP contribution in [0, 0.1) is 5.92 Å². The van der Waals surface area contributed by atoms with Gasteiger partial charge in [0.1, 0.15) is 6.04 Å². The van der Waals surface area contributed by atoms with Gasteiger partial charge in [0.05, 0.1) is 0 Å². The molecule has 0 saturated carbocycles. The molecule has 3 N–H and O–H groups in total. The number of carbonyl (C=O) groups excluding carboxylic acids is 1. The van der Waals surface area contributed by atoms with E-state index in [0.29, 0.717) is 18.9 Å². The third-order valence-corrected chi connectivity index (χ3v) is 4.39. The van der Waals surface area contributed by atoms with Crippen LogP contribution in [-0.4, -0.2) is 41.2 Å². The Balaban J connectivity index is 2.25. The van der Waals surface area contributed by atoms with Crippen LogP contribution in [-0.2, 0) is 4.79 Å². The average Bonchev–Trinajstić information content (AvgIpc) is 2.42. The minimum atomic E-state index is -0.960. The molecule has 0 bridgehead atoms. The van der Waals surface area contributed by atoms with E-state index in [4.69, 9.17) is 5.11 Å².